The fraction of sp³-hybridized carbons (Fsp3) is 0.188. The molecule has 2 aromatic rings. The normalized spacial score (nSPS) is 10.0. The molecule has 0 atom stereocenters. The van der Waals surface area contributed by atoms with Crippen LogP contribution in [0.1, 0.15) is 17.3 Å². The summed E-state index contributed by atoms with van der Waals surface area (Å²) in [5.41, 5.74) is 0.953. The number of halogens is 1. The molecule has 0 spiro atoms. The second-order valence-electron chi connectivity index (χ2n) is 4.26. The first-order valence-electron chi connectivity index (χ1n) is 6.51. The van der Waals surface area contributed by atoms with Crippen LogP contribution < -0.4 is 14.8 Å². The van der Waals surface area contributed by atoms with Crippen LogP contribution in [0.15, 0.2) is 42.5 Å². The number of rotatable bonds is 5. The molecule has 1 N–H and O–H groups in total. The Balaban J connectivity index is 2.15. The van der Waals surface area contributed by atoms with E-state index in [1.165, 1.54) is 31.4 Å². The molecule has 0 aromatic heterocycles. The summed E-state index contributed by atoms with van der Waals surface area (Å²) < 4.78 is 23.5. The topological polar surface area (TPSA) is 47.6 Å². The Morgan fingerprint density at radius 1 is 1.14 bits per heavy atom. The van der Waals surface area contributed by atoms with Crippen molar-refractivity contribution >= 4 is 11.6 Å². The molecule has 0 heterocycles. The minimum atomic E-state index is -0.380. The number of amides is 1. The van der Waals surface area contributed by atoms with Gasteiger partial charge in [-0.3, -0.25) is 4.79 Å². The molecule has 0 bridgehead atoms. The lowest BCUT2D eigenvalue weighted by atomic mass is 10.2. The van der Waals surface area contributed by atoms with Crippen molar-refractivity contribution in [2.75, 3.05) is 19.0 Å². The number of carbonyl (C=O) groups excluding carboxylic acids is 1. The molecule has 2 rings (SSSR count). The van der Waals surface area contributed by atoms with Gasteiger partial charge in [0.05, 0.1) is 13.7 Å². The molecule has 0 aliphatic heterocycles. The number of carbonyl (C=O) groups is 1. The van der Waals surface area contributed by atoms with Gasteiger partial charge in [0.25, 0.3) is 5.91 Å². The van der Waals surface area contributed by atoms with Crippen molar-refractivity contribution in [1.82, 2.24) is 0 Å². The monoisotopic (exact) mass is 289 g/mol. The molecule has 0 saturated heterocycles. The maximum absolute atomic E-state index is 12.8. The molecule has 0 radical (unpaired) electrons. The van der Waals surface area contributed by atoms with Crippen LogP contribution in [-0.2, 0) is 0 Å². The van der Waals surface area contributed by atoms with Crippen molar-refractivity contribution in [3.05, 3.63) is 53.8 Å². The van der Waals surface area contributed by atoms with Crippen molar-refractivity contribution in [3.63, 3.8) is 0 Å². The molecule has 2 aromatic carbocycles. The summed E-state index contributed by atoms with van der Waals surface area (Å²) in [4.78, 5) is 12.0. The summed E-state index contributed by atoms with van der Waals surface area (Å²) in [5.74, 6) is 0.448. The highest BCUT2D eigenvalue weighted by atomic mass is 19.1. The van der Waals surface area contributed by atoms with E-state index in [4.69, 9.17) is 9.47 Å². The van der Waals surface area contributed by atoms with Gasteiger partial charge in [0.15, 0.2) is 11.5 Å². The van der Waals surface area contributed by atoms with Gasteiger partial charge in [0.2, 0.25) is 0 Å². The Bertz CT molecular complexity index is 626. The summed E-state index contributed by atoms with van der Waals surface area (Å²) in [6.07, 6.45) is 0. The quantitative estimate of drug-likeness (QED) is 0.916. The van der Waals surface area contributed by atoms with E-state index in [1.807, 2.05) is 6.92 Å². The van der Waals surface area contributed by atoms with Crippen molar-refractivity contribution < 1.29 is 18.7 Å². The fourth-order valence-electron chi connectivity index (χ4n) is 1.82. The van der Waals surface area contributed by atoms with Gasteiger partial charge in [-0.1, -0.05) is 0 Å². The third-order valence-electron chi connectivity index (χ3n) is 2.83. The largest absolute Gasteiger partial charge is 0.493 e. The number of ether oxygens (including phenoxy) is 2. The first-order chi connectivity index (χ1) is 10.1. The van der Waals surface area contributed by atoms with Crippen LogP contribution in [0.4, 0.5) is 10.1 Å². The van der Waals surface area contributed by atoms with E-state index in [2.05, 4.69) is 5.32 Å². The van der Waals surface area contributed by atoms with Crippen LogP contribution in [-0.4, -0.2) is 19.6 Å². The first kappa shape index (κ1) is 14.8. The van der Waals surface area contributed by atoms with E-state index in [1.54, 1.807) is 18.2 Å². The number of hydrogen-bond acceptors (Lipinski definition) is 3. The predicted octanol–water partition coefficient (Wildman–Crippen LogP) is 3.49. The molecular formula is C16H16FNO3. The van der Waals surface area contributed by atoms with Gasteiger partial charge >= 0.3 is 0 Å². The number of nitrogens with one attached hydrogen (secondary N) is 1. The van der Waals surface area contributed by atoms with E-state index >= 15 is 0 Å². The Morgan fingerprint density at radius 2 is 1.86 bits per heavy atom. The fourth-order valence-corrected chi connectivity index (χ4v) is 1.82. The van der Waals surface area contributed by atoms with Crippen LogP contribution in [0.5, 0.6) is 11.5 Å². The summed E-state index contributed by atoms with van der Waals surface area (Å²) in [7, 11) is 1.53. The molecule has 0 saturated carbocycles. The van der Waals surface area contributed by atoms with E-state index in [0.717, 1.165) is 0 Å². The zero-order valence-corrected chi connectivity index (χ0v) is 11.9. The summed E-state index contributed by atoms with van der Waals surface area (Å²) in [6, 6.07) is 10.5. The van der Waals surface area contributed by atoms with Gasteiger partial charge in [0.1, 0.15) is 5.82 Å². The second-order valence-corrected chi connectivity index (χ2v) is 4.26. The lowest BCUT2D eigenvalue weighted by Crippen LogP contribution is -2.12. The lowest BCUT2D eigenvalue weighted by Gasteiger charge is -2.11. The SMILES string of the molecule is CCOc1ccc(NC(=O)c2ccc(F)cc2)cc1OC. The molecule has 0 aliphatic carbocycles. The lowest BCUT2D eigenvalue weighted by molar-refractivity contribution is 0.102. The molecule has 110 valence electrons. The molecule has 0 aliphatic rings. The van der Waals surface area contributed by atoms with Crippen LogP contribution in [0.25, 0.3) is 0 Å². The van der Waals surface area contributed by atoms with Crippen molar-refractivity contribution in [1.29, 1.82) is 0 Å². The zero-order chi connectivity index (χ0) is 15.2. The molecule has 21 heavy (non-hydrogen) atoms. The zero-order valence-electron chi connectivity index (χ0n) is 11.9. The van der Waals surface area contributed by atoms with E-state index in [0.29, 0.717) is 29.4 Å². The minimum absolute atomic E-state index is 0.318. The standard InChI is InChI=1S/C16H16FNO3/c1-3-21-14-9-8-13(10-15(14)20-2)18-16(19)11-4-6-12(17)7-5-11/h4-10H,3H2,1-2H3,(H,18,19). The van der Waals surface area contributed by atoms with Gasteiger partial charge in [0, 0.05) is 17.3 Å². The maximum Gasteiger partial charge on any atom is 0.255 e. The predicted molar refractivity (Wildman–Crippen MR) is 78.5 cm³/mol. The third kappa shape index (κ3) is 3.72. The maximum atomic E-state index is 12.8. The van der Waals surface area contributed by atoms with E-state index in [9.17, 15) is 9.18 Å². The minimum Gasteiger partial charge on any atom is -0.493 e. The van der Waals surface area contributed by atoms with Crippen LogP contribution in [0.2, 0.25) is 0 Å². The van der Waals surface area contributed by atoms with Crippen molar-refractivity contribution in [2.24, 2.45) is 0 Å². The molecule has 0 fully saturated rings. The van der Waals surface area contributed by atoms with Crippen LogP contribution in [0, 0.1) is 5.82 Å². The van der Waals surface area contributed by atoms with Crippen molar-refractivity contribution in [2.45, 2.75) is 6.92 Å². The van der Waals surface area contributed by atoms with E-state index < -0.39 is 0 Å². The Labute approximate surface area is 122 Å². The molecule has 4 nitrogen and oxygen atoms in total. The van der Waals surface area contributed by atoms with Crippen LogP contribution >= 0.6 is 0 Å². The molecule has 5 heteroatoms. The average Bonchev–Trinajstić information content (AvgIpc) is 2.49. The average molecular weight is 289 g/mol. The number of anilines is 1. The van der Waals surface area contributed by atoms with E-state index in [-0.39, 0.29) is 11.7 Å². The van der Waals surface area contributed by atoms with Gasteiger partial charge in [-0.05, 0) is 43.3 Å². The highest BCUT2D eigenvalue weighted by molar-refractivity contribution is 6.04. The first-order valence-corrected chi connectivity index (χ1v) is 6.51. The second kappa shape index (κ2) is 6.74. The van der Waals surface area contributed by atoms with Gasteiger partial charge in [-0.25, -0.2) is 4.39 Å². The highest BCUT2D eigenvalue weighted by Gasteiger charge is 2.09. The third-order valence-corrected chi connectivity index (χ3v) is 2.83. The van der Waals surface area contributed by atoms with Crippen molar-refractivity contribution in [3.8, 4) is 11.5 Å². The molecule has 1 amide bonds. The Kier molecular flexibility index (Phi) is 4.77. The highest BCUT2D eigenvalue weighted by Crippen LogP contribution is 2.30. The summed E-state index contributed by atoms with van der Waals surface area (Å²) >= 11 is 0. The smallest absolute Gasteiger partial charge is 0.255 e. The Morgan fingerprint density at radius 3 is 2.48 bits per heavy atom. The van der Waals surface area contributed by atoms with Crippen LogP contribution in [0.3, 0.4) is 0 Å². The molecular weight excluding hydrogens is 273 g/mol. The number of methoxy groups -OCH3 is 1. The van der Waals surface area contributed by atoms with Gasteiger partial charge in [-0.2, -0.15) is 0 Å². The summed E-state index contributed by atoms with van der Waals surface area (Å²) in [5, 5.41) is 2.72. The Hall–Kier alpha value is -2.56. The number of hydrogen-bond donors (Lipinski definition) is 1. The van der Waals surface area contributed by atoms with Gasteiger partial charge < -0.3 is 14.8 Å². The van der Waals surface area contributed by atoms with Gasteiger partial charge in [-0.15, -0.1) is 0 Å². The number of benzene rings is 2. The summed E-state index contributed by atoms with van der Waals surface area (Å²) in [6.45, 7) is 2.40. The molecule has 0 unspecified atom stereocenters.